The average molecular weight is 358 g/mol. The number of thiophene rings is 1. The molecule has 1 aromatic carbocycles. The van der Waals surface area contributed by atoms with Gasteiger partial charge in [-0.25, -0.2) is 0 Å². The topological polar surface area (TPSA) is 35.6 Å². The highest BCUT2D eigenvalue weighted by Gasteiger charge is 2.19. The summed E-state index contributed by atoms with van der Waals surface area (Å²) in [7, 11) is 0. The van der Waals surface area contributed by atoms with Crippen molar-refractivity contribution in [2.75, 3.05) is 32.7 Å². The van der Waals surface area contributed by atoms with Crippen molar-refractivity contribution in [3.05, 3.63) is 58.3 Å². The van der Waals surface area contributed by atoms with Gasteiger partial charge in [-0.3, -0.25) is 14.6 Å². The van der Waals surface area contributed by atoms with E-state index in [4.69, 9.17) is 0 Å². The van der Waals surface area contributed by atoms with E-state index in [9.17, 15) is 4.79 Å². The largest absolute Gasteiger partial charge is 0.352 e. The molecule has 1 aliphatic rings. The number of carbonyl (C=O) groups excluding carboxylic acids is 1. The Labute approximate surface area is 154 Å². The predicted octanol–water partition coefficient (Wildman–Crippen LogP) is 2.61. The van der Waals surface area contributed by atoms with E-state index < -0.39 is 0 Å². The van der Waals surface area contributed by atoms with Gasteiger partial charge in [0.25, 0.3) is 0 Å². The minimum absolute atomic E-state index is 0.123. The van der Waals surface area contributed by atoms with Crippen molar-refractivity contribution in [2.24, 2.45) is 0 Å². The van der Waals surface area contributed by atoms with Crippen LogP contribution in [0.25, 0.3) is 0 Å². The van der Waals surface area contributed by atoms with Crippen LogP contribution in [0.5, 0.6) is 0 Å². The molecule has 1 N–H and O–H groups in total. The van der Waals surface area contributed by atoms with Gasteiger partial charge in [0.05, 0.1) is 6.42 Å². The lowest BCUT2D eigenvalue weighted by atomic mass is 10.2. The number of piperazine rings is 1. The molecule has 0 spiro atoms. The molecule has 0 saturated carbocycles. The Morgan fingerprint density at radius 1 is 1.08 bits per heavy atom. The summed E-state index contributed by atoms with van der Waals surface area (Å²) in [6, 6.07) is 14.9. The van der Waals surface area contributed by atoms with Crippen LogP contribution in [0.15, 0.2) is 47.8 Å². The first kappa shape index (κ1) is 18.1. The molecule has 1 aliphatic heterocycles. The summed E-state index contributed by atoms with van der Waals surface area (Å²) in [5.74, 6) is 0.123. The third-order valence-corrected chi connectivity index (χ3v) is 5.44. The zero-order chi connectivity index (χ0) is 17.5. The number of hydrogen-bond donors (Lipinski definition) is 1. The van der Waals surface area contributed by atoms with E-state index in [1.165, 1.54) is 5.56 Å². The maximum absolute atomic E-state index is 12.1. The fourth-order valence-electron chi connectivity index (χ4n) is 3.30. The summed E-state index contributed by atoms with van der Waals surface area (Å²) >= 11 is 1.64. The van der Waals surface area contributed by atoms with Crippen molar-refractivity contribution >= 4 is 17.2 Å². The lowest BCUT2D eigenvalue weighted by molar-refractivity contribution is -0.121. The molecule has 4 nitrogen and oxygen atoms in total. The van der Waals surface area contributed by atoms with E-state index in [0.717, 1.165) is 44.1 Å². The fraction of sp³-hybridized carbons (Fsp3) is 0.450. The second-order valence-electron chi connectivity index (χ2n) is 6.79. The van der Waals surface area contributed by atoms with E-state index in [1.807, 2.05) is 17.5 Å². The molecule has 0 unspecified atom stereocenters. The molecule has 1 saturated heterocycles. The Hall–Kier alpha value is -1.69. The number of amides is 1. The van der Waals surface area contributed by atoms with Crippen molar-refractivity contribution in [1.82, 2.24) is 15.1 Å². The molecule has 0 bridgehead atoms. The maximum atomic E-state index is 12.1. The highest BCUT2D eigenvalue weighted by Crippen LogP contribution is 2.10. The van der Waals surface area contributed by atoms with Crippen molar-refractivity contribution in [3.8, 4) is 0 Å². The van der Waals surface area contributed by atoms with E-state index in [0.29, 0.717) is 6.42 Å². The minimum atomic E-state index is 0.123. The van der Waals surface area contributed by atoms with Crippen LogP contribution >= 0.6 is 11.3 Å². The van der Waals surface area contributed by atoms with Gasteiger partial charge < -0.3 is 5.32 Å². The van der Waals surface area contributed by atoms with Crippen LogP contribution in [0.4, 0.5) is 0 Å². The van der Waals surface area contributed by atoms with E-state index in [2.05, 4.69) is 52.4 Å². The van der Waals surface area contributed by atoms with Gasteiger partial charge in [-0.05, 0) is 23.9 Å². The predicted molar refractivity (Wildman–Crippen MR) is 104 cm³/mol. The molecule has 0 aliphatic carbocycles. The van der Waals surface area contributed by atoms with Crippen molar-refractivity contribution in [1.29, 1.82) is 0 Å². The van der Waals surface area contributed by atoms with Gasteiger partial charge >= 0.3 is 0 Å². The quantitative estimate of drug-likeness (QED) is 0.827. The van der Waals surface area contributed by atoms with E-state index >= 15 is 0 Å². The minimum Gasteiger partial charge on any atom is -0.352 e. The van der Waals surface area contributed by atoms with Crippen LogP contribution in [0.1, 0.15) is 17.4 Å². The summed E-state index contributed by atoms with van der Waals surface area (Å²) in [6.45, 7) is 8.37. The van der Waals surface area contributed by atoms with Gasteiger partial charge in [0, 0.05) is 50.2 Å². The summed E-state index contributed by atoms with van der Waals surface area (Å²) in [5, 5.41) is 5.14. The Morgan fingerprint density at radius 2 is 1.80 bits per heavy atom. The van der Waals surface area contributed by atoms with Crippen molar-refractivity contribution < 1.29 is 4.79 Å². The van der Waals surface area contributed by atoms with Crippen LogP contribution < -0.4 is 5.32 Å². The number of rotatable bonds is 7. The Balaban J connectivity index is 1.36. The normalized spacial score (nSPS) is 17.3. The second kappa shape index (κ2) is 9.13. The Kier molecular flexibility index (Phi) is 6.62. The van der Waals surface area contributed by atoms with Crippen LogP contribution in [0, 0.1) is 0 Å². The molecule has 134 valence electrons. The van der Waals surface area contributed by atoms with Crippen LogP contribution in [0.3, 0.4) is 0 Å². The standard InChI is InChI=1S/C20H27N3OS/c1-17(21-20(24)14-19-8-5-13-25-19)15-22-9-11-23(12-10-22)16-18-6-3-2-4-7-18/h2-8,13,17H,9-12,14-16H2,1H3,(H,21,24)/t17-/m0/s1. The monoisotopic (exact) mass is 357 g/mol. The molecule has 1 amide bonds. The van der Waals surface area contributed by atoms with Crippen LogP contribution in [-0.4, -0.2) is 54.5 Å². The number of nitrogens with one attached hydrogen (secondary N) is 1. The molecule has 1 aromatic heterocycles. The number of benzene rings is 1. The maximum Gasteiger partial charge on any atom is 0.225 e. The zero-order valence-electron chi connectivity index (χ0n) is 14.9. The summed E-state index contributed by atoms with van der Waals surface area (Å²) < 4.78 is 0. The van der Waals surface area contributed by atoms with E-state index in [-0.39, 0.29) is 11.9 Å². The molecular formula is C20H27N3OS. The average Bonchev–Trinajstić information content (AvgIpc) is 3.10. The summed E-state index contributed by atoms with van der Waals surface area (Å²) in [6.07, 6.45) is 0.493. The third-order valence-electron chi connectivity index (χ3n) is 4.57. The molecule has 1 atom stereocenters. The van der Waals surface area contributed by atoms with Crippen molar-refractivity contribution in [2.45, 2.75) is 25.9 Å². The van der Waals surface area contributed by atoms with E-state index in [1.54, 1.807) is 11.3 Å². The third kappa shape index (κ3) is 5.96. The molecule has 0 radical (unpaired) electrons. The highest BCUT2D eigenvalue weighted by atomic mass is 32.1. The number of nitrogens with zero attached hydrogens (tertiary/aromatic N) is 2. The Bertz CT molecular complexity index is 636. The molecule has 1 fully saturated rings. The van der Waals surface area contributed by atoms with Gasteiger partial charge in [0.1, 0.15) is 0 Å². The van der Waals surface area contributed by atoms with Crippen molar-refractivity contribution in [3.63, 3.8) is 0 Å². The lowest BCUT2D eigenvalue weighted by Gasteiger charge is -2.36. The molecule has 3 rings (SSSR count). The molecule has 5 heteroatoms. The van der Waals surface area contributed by atoms with Gasteiger partial charge in [-0.2, -0.15) is 0 Å². The lowest BCUT2D eigenvalue weighted by Crippen LogP contribution is -2.50. The molecule has 2 heterocycles. The van der Waals surface area contributed by atoms with Gasteiger partial charge in [-0.15, -0.1) is 11.3 Å². The molecule has 2 aromatic rings. The SMILES string of the molecule is C[C@@H](CN1CCN(Cc2ccccc2)CC1)NC(=O)Cc1cccs1. The number of hydrogen-bond acceptors (Lipinski definition) is 4. The van der Waals surface area contributed by atoms with Crippen LogP contribution in [-0.2, 0) is 17.8 Å². The Morgan fingerprint density at radius 3 is 2.48 bits per heavy atom. The number of carbonyl (C=O) groups is 1. The fourth-order valence-corrected chi connectivity index (χ4v) is 4.01. The highest BCUT2D eigenvalue weighted by molar-refractivity contribution is 7.10. The van der Waals surface area contributed by atoms with Gasteiger partial charge in [0.15, 0.2) is 0 Å². The van der Waals surface area contributed by atoms with Gasteiger partial charge in [-0.1, -0.05) is 36.4 Å². The summed E-state index contributed by atoms with van der Waals surface area (Å²) in [5.41, 5.74) is 1.38. The summed E-state index contributed by atoms with van der Waals surface area (Å²) in [4.78, 5) is 18.2. The van der Waals surface area contributed by atoms with Gasteiger partial charge in [0.2, 0.25) is 5.91 Å². The smallest absolute Gasteiger partial charge is 0.225 e. The first-order chi connectivity index (χ1) is 12.2. The molecule has 25 heavy (non-hydrogen) atoms. The first-order valence-corrected chi connectivity index (χ1v) is 9.87. The molecular weight excluding hydrogens is 330 g/mol. The van der Waals surface area contributed by atoms with Crippen LogP contribution in [0.2, 0.25) is 0 Å². The zero-order valence-corrected chi connectivity index (χ0v) is 15.7. The second-order valence-corrected chi connectivity index (χ2v) is 7.82. The first-order valence-electron chi connectivity index (χ1n) is 8.99.